The van der Waals surface area contributed by atoms with Crippen molar-refractivity contribution in [1.82, 2.24) is 19.9 Å². The van der Waals surface area contributed by atoms with Crippen LogP contribution in [0.5, 0.6) is 0 Å². The number of carbonyl (C=O) groups excluding carboxylic acids is 1. The van der Waals surface area contributed by atoms with E-state index in [9.17, 15) is 4.79 Å². The molecule has 2 aromatic carbocycles. The Morgan fingerprint density at radius 2 is 1.77 bits per heavy atom. The van der Waals surface area contributed by atoms with Crippen LogP contribution in [0.1, 0.15) is 45.2 Å². The number of hydrogen-bond acceptors (Lipinski definition) is 6. The summed E-state index contributed by atoms with van der Waals surface area (Å²) in [6, 6.07) is 16.2. The quantitative estimate of drug-likeness (QED) is 0.542. The zero-order valence-electron chi connectivity index (χ0n) is 16.9. The Hall–Kier alpha value is -3.67. The fourth-order valence-electron chi connectivity index (χ4n) is 4.02. The number of aryl methyl sites for hydroxylation is 2. The fourth-order valence-corrected chi connectivity index (χ4v) is 4.02. The van der Waals surface area contributed by atoms with Crippen LogP contribution in [0.3, 0.4) is 0 Å². The normalized spacial score (nSPS) is 15.8. The van der Waals surface area contributed by atoms with Gasteiger partial charge in [0.1, 0.15) is 0 Å². The Morgan fingerprint density at radius 1 is 0.933 bits per heavy atom. The highest BCUT2D eigenvalue weighted by molar-refractivity contribution is 5.98. The summed E-state index contributed by atoms with van der Waals surface area (Å²) in [4.78, 5) is 30.8. The van der Waals surface area contributed by atoms with Crippen LogP contribution in [0.4, 0.5) is 11.9 Å². The molecular weight excluding hydrogens is 374 g/mol. The number of aromatic nitrogens is 4. The lowest BCUT2D eigenvalue weighted by Crippen LogP contribution is -2.21. The molecule has 0 fully saturated rings. The highest BCUT2D eigenvalue weighted by Crippen LogP contribution is 2.32. The molecule has 148 valence electrons. The molecule has 0 radical (unpaired) electrons. The highest BCUT2D eigenvalue weighted by atomic mass is 16.1. The van der Waals surface area contributed by atoms with Crippen molar-refractivity contribution in [2.24, 2.45) is 0 Å². The van der Waals surface area contributed by atoms with Crippen LogP contribution in [0.2, 0.25) is 0 Å². The van der Waals surface area contributed by atoms with Crippen molar-refractivity contribution in [2.75, 3.05) is 5.32 Å². The third kappa shape index (κ3) is 3.41. The SMILES string of the molecule is Cc1ccc2c(C)nc(Nc3ncc4c(n3)CC(c3ccccc3)CC4=O)nc2c1. The molecule has 30 heavy (non-hydrogen) atoms. The summed E-state index contributed by atoms with van der Waals surface area (Å²) in [6.07, 6.45) is 2.81. The van der Waals surface area contributed by atoms with Gasteiger partial charge in [0.05, 0.1) is 22.5 Å². The lowest BCUT2D eigenvalue weighted by Gasteiger charge is -2.23. The van der Waals surface area contributed by atoms with E-state index in [-0.39, 0.29) is 11.7 Å². The monoisotopic (exact) mass is 395 g/mol. The molecule has 1 atom stereocenters. The molecular formula is C24H21N5O. The van der Waals surface area contributed by atoms with Gasteiger partial charge < -0.3 is 0 Å². The van der Waals surface area contributed by atoms with E-state index in [4.69, 9.17) is 0 Å². The van der Waals surface area contributed by atoms with Crippen LogP contribution in [0.15, 0.2) is 54.7 Å². The van der Waals surface area contributed by atoms with Crippen molar-refractivity contribution < 1.29 is 4.79 Å². The Labute approximate surface area is 174 Å². The van der Waals surface area contributed by atoms with Crippen LogP contribution in [-0.2, 0) is 6.42 Å². The number of nitrogens with zero attached hydrogens (tertiary/aromatic N) is 4. The summed E-state index contributed by atoms with van der Waals surface area (Å²) < 4.78 is 0. The number of hydrogen-bond donors (Lipinski definition) is 1. The van der Waals surface area contributed by atoms with Crippen LogP contribution >= 0.6 is 0 Å². The van der Waals surface area contributed by atoms with Crippen LogP contribution < -0.4 is 5.32 Å². The molecule has 0 aliphatic heterocycles. The zero-order valence-corrected chi connectivity index (χ0v) is 16.9. The minimum absolute atomic E-state index is 0.0879. The molecule has 4 aromatic rings. The Bertz CT molecular complexity index is 1270. The molecule has 0 saturated carbocycles. The summed E-state index contributed by atoms with van der Waals surface area (Å²) in [6.45, 7) is 4.00. The maximum atomic E-state index is 12.6. The van der Waals surface area contributed by atoms with Gasteiger partial charge in [-0.2, -0.15) is 0 Å². The third-order valence-electron chi connectivity index (χ3n) is 5.58. The number of Topliss-reactive ketones (excluding diaryl/α,β-unsaturated/α-hetero) is 1. The molecule has 0 saturated heterocycles. The maximum absolute atomic E-state index is 12.6. The molecule has 1 aliphatic rings. The molecule has 1 N–H and O–H groups in total. The van der Waals surface area contributed by atoms with Gasteiger partial charge in [-0.05, 0) is 43.4 Å². The summed E-state index contributed by atoms with van der Waals surface area (Å²) >= 11 is 0. The molecule has 0 amide bonds. The van der Waals surface area contributed by atoms with Crippen LogP contribution in [0, 0.1) is 13.8 Å². The van der Waals surface area contributed by atoms with Crippen molar-refractivity contribution in [3.05, 3.63) is 82.8 Å². The average Bonchev–Trinajstić information content (AvgIpc) is 2.74. The first-order chi connectivity index (χ1) is 14.6. The third-order valence-corrected chi connectivity index (χ3v) is 5.58. The Kier molecular flexibility index (Phi) is 4.47. The number of fused-ring (bicyclic) bond motifs is 2. The van der Waals surface area contributed by atoms with Crippen molar-refractivity contribution >= 4 is 28.6 Å². The minimum atomic E-state index is 0.0879. The molecule has 1 aliphatic carbocycles. The van der Waals surface area contributed by atoms with Gasteiger partial charge in [-0.15, -0.1) is 0 Å². The van der Waals surface area contributed by atoms with Gasteiger partial charge in [0.2, 0.25) is 11.9 Å². The van der Waals surface area contributed by atoms with Gasteiger partial charge in [0.25, 0.3) is 0 Å². The first-order valence-corrected chi connectivity index (χ1v) is 10.0. The predicted molar refractivity (Wildman–Crippen MR) is 116 cm³/mol. The fraction of sp³-hybridized carbons (Fsp3) is 0.208. The minimum Gasteiger partial charge on any atom is -0.294 e. The zero-order chi connectivity index (χ0) is 20.7. The molecule has 2 aromatic heterocycles. The molecule has 0 bridgehead atoms. The molecule has 0 spiro atoms. The van der Waals surface area contributed by atoms with Gasteiger partial charge in [0.15, 0.2) is 5.78 Å². The lowest BCUT2D eigenvalue weighted by molar-refractivity contribution is 0.0962. The lowest BCUT2D eigenvalue weighted by atomic mass is 9.82. The van der Waals surface area contributed by atoms with E-state index in [0.717, 1.165) is 33.4 Å². The van der Waals surface area contributed by atoms with Gasteiger partial charge >= 0.3 is 0 Å². The number of rotatable bonds is 3. The van der Waals surface area contributed by atoms with Crippen molar-refractivity contribution in [1.29, 1.82) is 0 Å². The average molecular weight is 395 g/mol. The van der Waals surface area contributed by atoms with E-state index in [1.165, 1.54) is 0 Å². The molecule has 6 heteroatoms. The first kappa shape index (κ1) is 18.4. The van der Waals surface area contributed by atoms with E-state index in [2.05, 4.69) is 43.5 Å². The van der Waals surface area contributed by atoms with Crippen molar-refractivity contribution in [2.45, 2.75) is 32.6 Å². The number of benzene rings is 2. The van der Waals surface area contributed by atoms with Gasteiger partial charge in [-0.25, -0.2) is 19.9 Å². The standard InChI is InChI=1S/C24H21N5O/c1-14-8-9-18-15(2)26-24(28-20(18)10-14)29-23-25-13-19-21(27-23)11-17(12-22(19)30)16-6-4-3-5-7-16/h3-10,13,17H,11-12H2,1-2H3,(H,25,26,27,28,29). The highest BCUT2D eigenvalue weighted by Gasteiger charge is 2.28. The van der Waals surface area contributed by atoms with E-state index in [1.54, 1.807) is 6.20 Å². The van der Waals surface area contributed by atoms with Crippen molar-refractivity contribution in [3.63, 3.8) is 0 Å². The molecule has 6 nitrogen and oxygen atoms in total. The molecule has 2 heterocycles. The Morgan fingerprint density at radius 3 is 2.60 bits per heavy atom. The van der Waals surface area contributed by atoms with Gasteiger partial charge in [-0.1, -0.05) is 42.5 Å². The molecule has 1 unspecified atom stereocenters. The van der Waals surface area contributed by atoms with E-state index < -0.39 is 0 Å². The second-order valence-electron chi connectivity index (χ2n) is 7.77. The summed E-state index contributed by atoms with van der Waals surface area (Å²) in [7, 11) is 0. The van der Waals surface area contributed by atoms with Gasteiger partial charge in [-0.3, -0.25) is 10.1 Å². The largest absolute Gasteiger partial charge is 0.294 e. The number of nitrogens with one attached hydrogen (secondary N) is 1. The van der Waals surface area contributed by atoms with Crippen LogP contribution in [0.25, 0.3) is 10.9 Å². The smallest absolute Gasteiger partial charge is 0.230 e. The van der Waals surface area contributed by atoms with E-state index in [1.807, 2.05) is 44.2 Å². The number of carbonyl (C=O) groups is 1. The first-order valence-electron chi connectivity index (χ1n) is 10.0. The summed E-state index contributed by atoms with van der Waals surface area (Å²) in [5, 5.41) is 4.14. The topological polar surface area (TPSA) is 80.7 Å². The van der Waals surface area contributed by atoms with E-state index in [0.29, 0.717) is 30.3 Å². The van der Waals surface area contributed by atoms with Gasteiger partial charge in [0, 0.05) is 18.0 Å². The Balaban J connectivity index is 1.46. The van der Waals surface area contributed by atoms with E-state index >= 15 is 0 Å². The molecule has 5 rings (SSSR count). The maximum Gasteiger partial charge on any atom is 0.230 e. The second-order valence-corrected chi connectivity index (χ2v) is 7.77. The number of anilines is 2. The van der Waals surface area contributed by atoms with Crippen LogP contribution in [-0.4, -0.2) is 25.7 Å². The second kappa shape index (κ2) is 7.30. The number of ketones is 1. The summed E-state index contributed by atoms with van der Waals surface area (Å²) in [5.41, 5.74) is 5.45. The summed E-state index contributed by atoms with van der Waals surface area (Å²) in [5.74, 6) is 1.08. The predicted octanol–water partition coefficient (Wildman–Crippen LogP) is 4.69. The van der Waals surface area contributed by atoms with Crippen molar-refractivity contribution in [3.8, 4) is 0 Å².